The van der Waals surface area contributed by atoms with Gasteiger partial charge in [0, 0.05) is 18.6 Å². The van der Waals surface area contributed by atoms with Crippen LogP contribution in [0.15, 0.2) is 30.6 Å². The van der Waals surface area contributed by atoms with Gasteiger partial charge in [0.1, 0.15) is 6.54 Å². The lowest BCUT2D eigenvalue weighted by Gasteiger charge is -2.37. The summed E-state index contributed by atoms with van der Waals surface area (Å²) in [6.07, 6.45) is 6.75. The Labute approximate surface area is 194 Å². The Hall–Kier alpha value is 0.930. The predicted molar refractivity (Wildman–Crippen MR) is 114 cm³/mol. The number of phosphoric acid groups is 1. The topological polar surface area (TPSA) is 70.6 Å². The molecule has 0 spiro atoms. The van der Waals surface area contributed by atoms with Gasteiger partial charge in [-0.1, -0.05) is 24.1 Å². The van der Waals surface area contributed by atoms with Gasteiger partial charge < -0.3 is 9.79 Å². The van der Waals surface area contributed by atoms with Crippen molar-refractivity contribution >= 4 is 77.4 Å². The average molecular weight is 543 g/mol. The molecule has 1 heterocycles. The van der Waals surface area contributed by atoms with Gasteiger partial charge >= 0.3 is 7.82 Å². The van der Waals surface area contributed by atoms with E-state index >= 15 is 0 Å². The molecule has 0 unspecified atom stereocenters. The molecule has 2 rings (SSSR count). The normalized spacial score (nSPS) is 29.8. The van der Waals surface area contributed by atoms with E-state index in [2.05, 4.69) is 40.7 Å². The Kier molecular flexibility index (Phi) is 15.3. The summed E-state index contributed by atoms with van der Waals surface area (Å²) in [6, 6.07) is 6.17. The molecule has 1 aliphatic carbocycles. The fourth-order valence-electron chi connectivity index (χ4n) is 1.98. The minimum atomic E-state index is -4.81. The van der Waals surface area contributed by atoms with E-state index in [-0.39, 0.29) is 0 Å². The summed E-state index contributed by atoms with van der Waals surface area (Å²) in [6.45, 7) is 3.36. The first-order valence-corrected chi connectivity index (χ1v) is 12.3. The van der Waals surface area contributed by atoms with Crippen molar-refractivity contribution < 1.29 is 28.2 Å². The molecule has 0 aliphatic heterocycles. The van der Waals surface area contributed by atoms with Crippen LogP contribution in [0.3, 0.4) is 0 Å². The van der Waals surface area contributed by atoms with Crippen LogP contribution in [0.1, 0.15) is 19.8 Å². The quantitative estimate of drug-likeness (QED) is 0.304. The maximum atomic E-state index is 10.2. The van der Waals surface area contributed by atoms with Crippen LogP contribution in [0.5, 0.6) is 0 Å². The lowest BCUT2D eigenvalue weighted by atomic mass is 9.97. The van der Waals surface area contributed by atoms with E-state index in [0.717, 1.165) is 6.54 Å². The van der Waals surface area contributed by atoms with Crippen molar-refractivity contribution in [1.29, 1.82) is 0 Å². The van der Waals surface area contributed by atoms with Crippen LogP contribution in [0.25, 0.3) is 0 Å². The molecule has 2 N–H and O–H groups in total. The molecule has 164 valence electrons. The molecule has 0 aromatic carbocycles. The zero-order valence-electron chi connectivity index (χ0n) is 14.7. The summed E-state index contributed by atoms with van der Waals surface area (Å²) in [5.74, 6) is 0. The molecule has 28 heavy (non-hydrogen) atoms. The molecule has 0 radical (unpaired) electrons. The third kappa shape index (κ3) is 11.4. The number of aryl methyl sites for hydroxylation is 1. The van der Waals surface area contributed by atoms with E-state index in [1.165, 1.54) is 12.8 Å². The van der Waals surface area contributed by atoms with Gasteiger partial charge in [-0.2, -0.15) is 0 Å². The van der Waals surface area contributed by atoms with E-state index in [0.29, 0.717) is 0 Å². The van der Waals surface area contributed by atoms with Gasteiger partial charge in [-0.05, 0) is 4.53 Å². The maximum absolute atomic E-state index is 10.2. The summed E-state index contributed by atoms with van der Waals surface area (Å²) >= 11 is 35.3. The number of aromatic nitrogens is 1. The molecule has 0 atom stereocenters. The van der Waals surface area contributed by atoms with Crippen molar-refractivity contribution in [3.63, 3.8) is 0 Å². The summed E-state index contributed by atoms with van der Waals surface area (Å²) in [5.41, 5.74) is 0. The van der Waals surface area contributed by atoms with E-state index in [1.807, 2.05) is 6.07 Å². The van der Waals surface area contributed by atoms with Crippen LogP contribution >= 0.6 is 77.4 Å². The Morgan fingerprint density at radius 1 is 0.893 bits per heavy atom. The minimum absolute atomic E-state index is 0.437. The van der Waals surface area contributed by atoms with Crippen molar-refractivity contribution in [2.75, 3.05) is 0 Å². The molecule has 13 heteroatoms. The van der Waals surface area contributed by atoms with Gasteiger partial charge in [0.25, 0.3) is 0 Å². The highest BCUT2D eigenvalue weighted by atomic mass is 35.5. The third-order valence-corrected chi connectivity index (χ3v) is 7.67. The van der Waals surface area contributed by atoms with Gasteiger partial charge in [-0.15, -0.1) is 69.6 Å². The Morgan fingerprint density at radius 3 is 1.46 bits per heavy atom. The lowest BCUT2D eigenvalue weighted by molar-refractivity contribution is -0.697. The van der Waals surface area contributed by atoms with Crippen LogP contribution in [0, 0.1) is 0 Å². The molecule has 0 bridgehead atoms. The first-order valence-electron chi connectivity index (χ1n) is 8.10. The van der Waals surface area contributed by atoms with Crippen LogP contribution in [-0.2, 0) is 15.8 Å². The molecule has 1 aliphatic rings. The highest BCUT2D eigenvalue weighted by Gasteiger charge is 2.46. The second kappa shape index (κ2) is 14.9. The van der Waals surface area contributed by atoms with Crippen molar-refractivity contribution in [3.05, 3.63) is 30.6 Å². The first-order chi connectivity index (χ1) is 13.0. The smallest absolute Gasteiger partial charge is 0.301 e. The number of hydrogen-bond acceptors (Lipinski definition) is 2. The molecule has 5 nitrogen and oxygen atoms in total. The number of nitrogens with zero attached hydrogens (tertiary/aromatic N) is 1. The standard InChI is InChI=1S/C9H14N.C6H6Cl6.FH2O4P/c1-2-3-7-10-8-5-4-6-9-10;7-1-2(8)4(10)6(12)5(11)3(1)9;1-5-6(2,3)4/h4-6,8-9H,2-3,7H2,1H3;1-6H;(H2,2,3,4)/q+1;;/t;1-,2-,3-,4+,5+,6+;. The molecule has 0 amide bonds. The fraction of sp³-hybridized carbons (Fsp3) is 0.667. The second-order valence-electron chi connectivity index (χ2n) is 5.69. The Bertz CT molecular complexity index is 528. The van der Waals surface area contributed by atoms with E-state index in [1.54, 1.807) is 0 Å². The van der Waals surface area contributed by atoms with Crippen LogP contribution < -0.4 is 4.57 Å². The molecular weight excluding hydrogens is 521 g/mol. The van der Waals surface area contributed by atoms with Gasteiger partial charge in [-0.3, -0.25) is 0 Å². The molecular formula is C15H22Cl6FNO4P+. The van der Waals surface area contributed by atoms with Crippen molar-refractivity contribution in [1.82, 2.24) is 0 Å². The highest BCUT2D eigenvalue weighted by molar-refractivity contribution is 7.46. The van der Waals surface area contributed by atoms with E-state index < -0.39 is 40.1 Å². The highest BCUT2D eigenvalue weighted by Crippen LogP contribution is 2.39. The largest absolute Gasteiger partial charge is 0.500 e. The van der Waals surface area contributed by atoms with Crippen molar-refractivity contribution in [2.24, 2.45) is 0 Å². The predicted octanol–water partition coefficient (Wildman–Crippen LogP) is 5.40. The fourth-order valence-corrected chi connectivity index (χ4v) is 4.31. The summed E-state index contributed by atoms with van der Waals surface area (Å²) in [7, 11) is -4.81. The number of unbranched alkanes of at least 4 members (excludes halogenated alkanes) is 1. The molecule has 1 aromatic rings. The molecule has 1 aromatic heterocycles. The number of alkyl halides is 6. The van der Waals surface area contributed by atoms with Crippen LogP contribution in [-0.4, -0.2) is 42.0 Å². The van der Waals surface area contributed by atoms with Crippen molar-refractivity contribution in [2.45, 2.75) is 58.6 Å². The SMILES string of the molecule is CCCC[n+]1ccccc1.Cl[C@H]1[C@H](Cl)[C@@H](Cl)[C@@H](Cl)[C@H](Cl)[C@H]1Cl.O=P(O)(O)OF. The van der Waals surface area contributed by atoms with Crippen LogP contribution in [0.2, 0.25) is 0 Å². The summed E-state index contributed by atoms with van der Waals surface area (Å²) < 4.78 is 23.7. The number of halogens is 7. The molecule has 0 saturated heterocycles. The summed E-state index contributed by atoms with van der Waals surface area (Å²) in [4.78, 5) is 14.7. The minimum Gasteiger partial charge on any atom is -0.301 e. The average Bonchev–Trinajstić information content (AvgIpc) is 2.69. The van der Waals surface area contributed by atoms with Crippen LogP contribution in [0.4, 0.5) is 4.53 Å². The van der Waals surface area contributed by atoms with E-state index in [9.17, 15) is 4.53 Å². The van der Waals surface area contributed by atoms with E-state index in [4.69, 9.17) is 84.0 Å². The maximum Gasteiger partial charge on any atom is 0.500 e. The van der Waals surface area contributed by atoms with Gasteiger partial charge in [-0.25, -0.2) is 9.13 Å². The van der Waals surface area contributed by atoms with Gasteiger partial charge in [0.2, 0.25) is 0 Å². The summed E-state index contributed by atoms with van der Waals surface area (Å²) in [5, 5.41) is -2.62. The Morgan fingerprint density at radius 2 is 1.21 bits per heavy atom. The lowest BCUT2D eigenvalue weighted by Crippen LogP contribution is -2.52. The van der Waals surface area contributed by atoms with Gasteiger partial charge in [0.05, 0.1) is 32.3 Å². The first kappa shape index (κ1) is 28.9. The number of pyridine rings is 1. The van der Waals surface area contributed by atoms with Gasteiger partial charge in [0.15, 0.2) is 12.4 Å². The molecule has 1 fully saturated rings. The second-order valence-corrected chi connectivity index (χ2v) is 9.84. The zero-order valence-corrected chi connectivity index (χ0v) is 20.2. The monoisotopic (exact) mass is 540 g/mol. The Balaban J connectivity index is 0.000000414. The van der Waals surface area contributed by atoms with Crippen molar-refractivity contribution in [3.8, 4) is 0 Å². The zero-order chi connectivity index (χ0) is 21.9. The number of hydrogen-bond donors (Lipinski definition) is 2. The number of rotatable bonds is 4. The molecule has 1 saturated carbocycles. The third-order valence-electron chi connectivity index (χ3n) is 3.46.